The fourth-order valence-electron chi connectivity index (χ4n) is 3.25. The fraction of sp³-hybridized carbons (Fsp3) is 0.0909. The molecule has 0 fully saturated rings. The third-order valence-electron chi connectivity index (χ3n) is 4.88. The first kappa shape index (κ1) is 20.7. The Morgan fingerprint density at radius 3 is 2.69 bits per heavy atom. The summed E-state index contributed by atoms with van der Waals surface area (Å²) in [6.45, 7) is 1.87. The van der Waals surface area contributed by atoms with Gasteiger partial charge in [-0.3, -0.25) is 9.59 Å². The predicted molar refractivity (Wildman–Crippen MR) is 118 cm³/mol. The summed E-state index contributed by atoms with van der Waals surface area (Å²) in [7, 11) is 0. The minimum absolute atomic E-state index is 0.0356. The summed E-state index contributed by atoms with van der Waals surface area (Å²) in [4.78, 5) is 33.0. The van der Waals surface area contributed by atoms with E-state index in [4.69, 9.17) is 15.9 Å². The van der Waals surface area contributed by atoms with Crippen LogP contribution in [0.2, 0.25) is 0 Å². The van der Waals surface area contributed by atoms with Crippen molar-refractivity contribution < 1.29 is 19.1 Å². The lowest BCUT2D eigenvalue weighted by Crippen LogP contribution is -2.38. The molecule has 2 heterocycles. The summed E-state index contributed by atoms with van der Waals surface area (Å²) >= 11 is 0. The second-order valence-corrected chi connectivity index (χ2v) is 7.13. The van der Waals surface area contributed by atoms with Crippen LogP contribution < -0.4 is 16.8 Å². The van der Waals surface area contributed by atoms with E-state index in [-0.39, 0.29) is 17.5 Å². The minimum atomic E-state index is -1.07. The number of primary amides is 1. The van der Waals surface area contributed by atoms with Gasteiger partial charge in [0.2, 0.25) is 5.91 Å². The van der Waals surface area contributed by atoms with E-state index in [9.17, 15) is 14.7 Å². The van der Waals surface area contributed by atoms with Crippen molar-refractivity contribution in [3.05, 3.63) is 71.8 Å². The van der Waals surface area contributed by atoms with Gasteiger partial charge >= 0.3 is 0 Å². The summed E-state index contributed by atoms with van der Waals surface area (Å²) in [5.41, 5.74) is 14.6. The molecular weight excluding hydrogens is 412 g/mol. The zero-order valence-electron chi connectivity index (χ0n) is 17.0. The maximum absolute atomic E-state index is 12.9. The van der Waals surface area contributed by atoms with Gasteiger partial charge in [-0.25, -0.2) is 4.98 Å². The summed E-state index contributed by atoms with van der Waals surface area (Å²) in [6, 6.07) is 10.3. The Labute approximate surface area is 182 Å². The molecular formula is C22H20N6O4. The van der Waals surface area contributed by atoms with Crippen LogP contribution in [0.25, 0.3) is 22.9 Å². The Bertz CT molecular complexity index is 1340. The Balaban J connectivity index is 1.59. The van der Waals surface area contributed by atoms with Crippen LogP contribution in [0.1, 0.15) is 34.6 Å². The molecule has 2 amide bonds. The molecule has 0 saturated heterocycles. The molecule has 6 N–H and O–H groups in total. The molecule has 32 heavy (non-hydrogen) atoms. The largest absolute Gasteiger partial charge is 0.508 e. The van der Waals surface area contributed by atoms with Crippen LogP contribution in [0.5, 0.6) is 5.75 Å². The van der Waals surface area contributed by atoms with E-state index in [1.165, 1.54) is 36.8 Å². The highest BCUT2D eigenvalue weighted by Crippen LogP contribution is 2.23. The minimum Gasteiger partial charge on any atom is -0.508 e. The first-order valence-corrected chi connectivity index (χ1v) is 9.57. The number of aromatic hydroxyl groups is 1. The third-order valence-corrected chi connectivity index (χ3v) is 4.88. The molecule has 1 atom stereocenters. The maximum atomic E-state index is 12.9. The number of allylic oxidation sites excluding steroid dienone is 1. The average Bonchev–Trinajstić information content (AvgIpc) is 3.37. The Kier molecular flexibility index (Phi) is 5.34. The maximum Gasteiger partial charge on any atom is 0.292 e. The van der Waals surface area contributed by atoms with E-state index in [0.29, 0.717) is 16.7 Å². The van der Waals surface area contributed by atoms with Gasteiger partial charge in [0.25, 0.3) is 11.9 Å². The van der Waals surface area contributed by atoms with Crippen LogP contribution in [0.3, 0.4) is 0 Å². The number of aromatic nitrogens is 3. The van der Waals surface area contributed by atoms with Crippen molar-refractivity contribution in [2.24, 2.45) is 5.73 Å². The number of fused-ring (bicyclic) bond motifs is 1. The van der Waals surface area contributed by atoms with Gasteiger partial charge in [0.1, 0.15) is 23.0 Å². The predicted octanol–water partition coefficient (Wildman–Crippen LogP) is 2.29. The van der Waals surface area contributed by atoms with Gasteiger partial charge in [0.15, 0.2) is 5.58 Å². The molecule has 10 heteroatoms. The molecule has 10 nitrogen and oxygen atoms in total. The van der Waals surface area contributed by atoms with Crippen LogP contribution in [0.15, 0.2) is 59.4 Å². The van der Waals surface area contributed by atoms with Crippen molar-refractivity contribution in [2.45, 2.75) is 13.0 Å². The molecule has 2 aromatic carbocycles. The molecule has 0 aliphatic rings. The smallest absolute Gasteiger partial charge is 0.292 e. The summed E-state index contributed by atoms with van der Waals surface area (Å²) in [5, 5.41) is 12.1. The van der Waals surface area contributed by atoms with Gasteiger partial charge < -0.3 is 30.9 Å². The second-order valence-electron chi connectivity index (χ2n) is 7.13. The number of anilines is 1. The van der Waals surface area contributed by atoms with Crippen molar-refractivity contribution in [3.8, 4) is 5.75 Å². The summed E-state index contributed by atoms with van der Waals surface area (Å²) < 4.78 is 6.83. The lowest BCUT2D eigenvalue weighted by atomic mass is 10.1. The van der Waals surface area contributed by atoms with Crippen molar-refractivity contribution in [1.29, 1.82) is 0 Å². The molecule has 0 spiro atoms. The summed E-state index contributed by atoms with van der Waals surface area (Å²) in [6.07, 6.45) is 4.59. The van der Waals surface area contributed by atoms with Gasteiger partial charge in [0.05, 0.1) is 12.5 Å². The SMILES string of the molecule is C/C(=C\n1cncc1C(=O)NC(C(N)=O)c1ccc(O)cc1)c1ccc2oc(N)nc2c1. The number of phenolic OH excluding ortho intramolecular Hbond substituents is 1. The molecule has 162 valence electrons. The number of nitrogens with zero attached hydrogens (tertiary/aromatic N) is 3. The number of rotatable bonds is 6. The highest BCUT2D eigenvalue weighted by Gasteiger charge is 2.22. The van der Waals surface area contributed by atoms with Gasteiger partial charge in [0, 0.05) is 6.20 Å². The molecule has 0 aliphatic heterocycles. The van der Waals surface area contributed by atoms with Crippen LogP contribution in [-0.2, 0) is 4.79 Å². The molecule has 0 bridgehead atoms. The van der Waals surface area contributed by atoms with E-state index >= 15 is 0 Å². The standard InChI is InChI=1S/C22H20N6O4/c1-12(14-4-7-18-16(8-14)26-22(24)32-18)10-28-11-25-9-17(28)21(31)27-19(20(23)30)13-2-5-15(29)6-3-13/h2-11,19,29H,1H3,(H2,23,30)(H2,24,26)(H,27,31)/b12-10+. The van der Waals surface area contributed by atoms with Crippen LogP contribution in [0.4, 0.5) is 6.01 Å². The first-order chi connectivity index (χ1) is 15.3. The monoisotopic (exact) mass is 432 g/mol. The lowest BCUT2D eigenvalue weighted by molar-refractivity contribution is -0.120. The van der Waals surface area contributed by atoms with E-state index in [0.717, 1.165) is 11.1 Å². The fourth-order valence-corrected chi connectivity index (χ4v) is 3.25. The normalized spacial score (nSPS) is 12.6. The van der Waals surface area contributed by atoms with Crippen molar-refractivity contribution >= 4 is 40.7 Å². The number of imidazole rings is 1. The zero-order chi connectivity index (χ0) is 22.8. The first-order valence-electron chi connectivity index (χ1n) is 9.57. The van der Waals surface area contributed by atoms with Crippen LogP contribution in [0, 0.1) is 0 Å². The lowest BCUT2D eigenvalue weighted by Gasteiger charge is -2.16. The quantitative estimate of drug-likeness (QED) is 0.363. The number of carbonyl (C=O) groups is 2. The zero-order valence-corrected chi connectivity index (χ0v) is 17.0. The van der Waals surface area contributed by atoms with Crippen molar-refractivity contribution in [3.63, 3.8) is 0 Å². The number of nitrogens with one attached hydrogen (secondary N) is 1. The van der Waals surface area contributed by atoms with E-state index < -0.39 is 17.9 Å². The Hall–Kier alpha value is -4.60. The molecule has 1 unspecified atom stereocenters. The average molecular weight is 432 g/mol. The van der Waals surface area contributed by atoms with Crippen molar-refractivity contribution in [1.82, 2.24) is 19.9 Å². The number of hydrogen-bond donors (Lipinski definition) is 4. The van der Waals surface area contributed by atoms with Gasteiger partial charge in [-0.15, -0.1) is 0 Å². The number of nitrogens with two attached hydrogens (primary N) is 2. The molecule has 0 saturated carbocycles. The van der Waals surface area contributed by atoms with E-state index in [1.54, 1.807) is 16.8 Å². The number of amides is 2. The molecule has 0 aliphatic carbocycles. The number of oxazole rings is 1. The van der Waals surface area contributed by atoms with Gasteiger partial charge in [-0.2, -0.15) is 4.98 Å². The number of benzene rings is 2. The van der Waals surface area contributed by atoms with E-state index in [2.05, 4.69) is 15.3 Å². The topological polar surface area (TPSA) is 162 Å². The summed E-state index contributed by atoms with van der Waals surface area (Å²) in [5.74, 6) is -1.24. The number of phenols is 1. The molecule has 0 radical (unpaired) electrons. The highest BCUT2D eigenvalue weighted by atomic mass is 16.4. The van der Waals surface area contributed by atoms with E-state index in [1.807, 2.05) is 19.1 Å². The van der Waals surface area contributed by atoms with Gasteiger partial charge in [-0.05, 0) is 47.9 Å². The van der Waals surface area contributed by atoms with Crippen LogP contribution >= 0.6 is 0 Å². The van der Waals surface area contributed by atoms with Gasteiger partial charge in [-0.1, -0.05) is 18.2 Å². The number of nitrogen functional groups attached to an aromatic ring is 1. The third kappa shape index (κ3) is 4.15. The number of carbonyl (C=O) groups excluding carboxylic acids is 2. The second kappa shape index (κ2) is 8.26. The Morgan fingerprint density at radius 1 is 1.22 bits per heavy atom. The molecule has 4 aromatic rings. The van der Waals surface area contributed by atoms with Crippen LogP contribution in [-0.4, -0.2) is 31.5 Å². The Morgan fingerprint density at radius 2 is 1.97 bits per heavy atom. The highest BCUT2D eigenvalue weighted by molar-refractivity contribution is 5.97. The molecule has 4 rings (SSSR count). The number of hydrogen-bond acceptors (Lipinski definition) is 7. The molecule has 2 aromatic heterocycles. The van der Waals surface area contributed by atoms with Crippen molar-refractivity contribution in [2.75, 3.05) is 5.73 Å².